The third-order valence-electron chi connectivity index (χ3n) is 2.54. The van der Waals surface area contributed by atoms with Gasteiger partial charge in [0.05, 0.1) is 18.2 Å². The summed E-state index contributed by atoms with van der Waals surface area (Å²) in [6.45, 7) is 3.67. The van der Waals surface area contributed by atoms with Gasteiger partial charge in [-0.1, -0.05) is 6.08 Å². The smallest absolute Gasteiger partial charge is 0.223 e. The summed E-state index contributed by atoms with van der Waals surface area (Å²) >= 11 is 11.7. The second kappa shape index (κ2) is 6.02. The van der Waals surface area contributed by atoms with E-state index in [1.54, 1.807) is 6.08 Å². The Balaban J connectivity index is 2.02. The molecule has 0 bridgehead atoms. The lowest BCUT2D eigenvalue weighted by Crippen LogP contribution is -2.41. The first-order valence-corrected chi connectivity index (χ1v) is 6.44. The molecule has 0 N–H and O–H groups in total. The molecule has 2 aliphatic rings. The van der Waals surface area contributed by atoms with Crippen molar-refractivity contribution in [1.29, 1.82) is 0 Å². The molecule has 6 nitrogen and oxygen atoms in total. The fourth-order valence-corrected chi connectivity index (χ4v) is 2.10. The molecule has 3 unspecified atom stereocenters. The zero-order valence-electron chi connectivity index (χ0n) is 9.60. The predicted octanol–water partition coefficient (Wildman–Crippen LogP) is 2.06. The molecule has 3 atom stereocenters. The maximum atomic E-state index is 5.88. The lowest BCUT2D eigenvalue weighted by molar-refractivity contribution is -0.354. The van der Waals surface area contributed by atoms with Crippen LogP contribution in [-0.2, 0) is 29.0 Å². The Morgan fingerprint density at radius 1 is 1.22 bits per heavy atom. The van der Waals surface area contributed by atoms with E-state index in [4.69, 9.17) is 47.3 Å². The molecular formula is C10H14Cl2O6. The summed E-state index contributed by atoms with van der Waals surface area (Å²) in [6, 6.07) is 0. The Kier molecular flexibility index (Phi) is 4.85. The fourth-order valence-electron chi connectivity index (χ4n) is 1.69. The summed E-state index contributed by atoms with van der Waals surface area (Å²) in [5.74, 6) is -2.15. The van der Waals surface area contributed by atoms with Gasteiger partial charge in [0.1, 0.15) is 0 Å². The van der Waals surface area contributed by atoms with Crippen molar-refractivity contribution in [3.63, 3.8) is 0 Å². The van der Waals surface area contributed by atoms with Crippen molar-refractivity contribution < 1.29 is 29.0 Å². The molecule has 0 aromatic carbocycles. The molecule has 18 heavy (non-hydrogen) atoms. The van der Waals surface area contributed by atoms with Gasteiger partial charge in [0.2, 0.25) is 11.6 Å². The van der Waals surface area contributed by atoms with Crippen molar-refractivity contribution in [2.24, 2.45) is 0 Å². The molecule has 0 saturated carbocycles. The topological polar surface area (TPSA) is 55.4 Å². The fraction of sp³-hybridized carbons (Fsp3) is 0.800. The van der Waals surface area contributed by atoms with Crippen LogP contribution in [-0.4, -0.2) is 36.4 Å². The van der Waals surface area contributed by atoms with Crippen LogP contribution in [0.3, 0.4) is 0 Å². The van der Waals surface area contributed by atoms with Gasteiger partial charge < -0.3 is 9.47 Å². The number of hydrogen-bond acceptors (Lipinski definition) is 6. The number of halogens is 2. The minimum absolute atomic E-state index is 0.0337. The molecule has 2 aliphatic heterocycles. The van der Waals surface area contributed by atoms with Gasteiger partial charge in [0, 0.05) is 6.42 Å². The summed E-state index contributed by atoms with van der Waals surface area (Å²) in [6.07, 6.45) is 1.58. The maximum Gasteiger partial charge on any atom is 0.223 e. The minimum atomic E-state index is -1.18. The zero-order valence-corrected chi connectivity index (χ0v) is 11.1. The van der Waals surface area contributed by atoms with Crippen molar-refractivity contribution in [2.75, 3.05) is 18.6 Å². The lowest BCUT2D eigenvalue weighted by Gasteiger charge is -2.26. The van der Waals surface area contributed by atoms with Crippen molar-refractivity contribution in [3.8, 4) is 0 Å². The van der Waals surface area contributed by atoms with Gasteiger partial charge in [0.15, 0.2) is 13.1 Å². The van der Waals surface area contributed by atoms with Gasteiger partial charge in [-0.25, -0.2) is 9.78 Å². The molecule has 0 aromatic heterocycles. The van der Waals surface area contributed by atoms with E-state index < -0.39 is 17.9 Å². The minimum Gasteiger partial charge on any atom is -0.320 e. The summed E-state index contributed by atoms with van der Waals surface area (Å²) in [5.41, 5.74) is 0. The molecule has 0 radical (unpaired) electrons. The molecule has 2 fully saturated rings. The molecule has 0 aliphatic carbocycles. The molecular weight excluding hydrogens is 287 g/mol. The van der Waals surface area contributed by atoms with Crippen LogP contribution in [0.25, 0.3) is 0 Å². The van der Waals surface area contributed by atoms with Crippen LogP contribution >= 0.6 is 23.2 Å². The average molecular weight is 301 g/mol. The average Bonchev–Trinajstić information content (AvgIpc) is 3.00. The zero-order chi connectivity index (χ0) is 13.1. The van der Waals surface area contributed by atoms with Crippen LogP contribution in [0.5, 0.6) is 0 Å². The van der Waals surface area contributed by atoms with Gasteiger partial charge in [-0.3, -0.25) is 0 Å². The first kappa shape index (κ1) is 14.5. The lowest BCUT2D eigenvalue weighted by atomic mass is 10.2. The molecule has 2 heterocycles. The van der Waals surface area contributed by atoms with E-state index in [9.17, 15) is 0 Å². The number of hydrogen-bond donors (Lipinski definition) is 0. The van der Waals surface area contributed by atoms with Crippen molar-refractivity contribution in [3.05, 3.63) is 12.7 Å². The Hall–Kier alpha value is 0.0800. The highest BCUT2D eigenvalue weighted by Gasteiger charge is 2.53. The second-order valence-electron chi connectivity index (χ2n) is 3.98. The first-order valence-electron chi connectivity index (χ1n) is 5.37. The van der Waals surface area contributed by atoms with E-state index in [1.165, 1.54) is 0 Å². The Bertz CT molecular complexity index is 298. The van der Waals surface area contributed by atoms with Crippen LogP contribution in [0.2, 0.25) is 0 Å². The number of alkyl halides is 2. The van der Waals surface area contributed by atoms with Gasteiger partial charge in [0.25, 0.3) is 0 Å². The van der Waals surface area contributed by atoms with Crippen LogP contribution in [0.1, 0.15) is 12.8 Å². The van der Waals surface area contributed by atoms with E-state index >= 15 is 0 Å². The quantitative estimate of drug-likeness (QED) is 0.425. The molecule has 8 heteroatoms. The van der Waals surface area contributed by atoms with Crippen LogP contribution < -0.4 is 0 Å². The van der Waals surface area contributed by atoms with Gasteiger partial charge in [-0.15, -0.1) is 29.8 Å². The van der Waals surface area contributed by atoms with Gasteiger partial charge in [-0.05, 0) is 0 Å². The predicted molar refractivity (Wildman–Crippen MR) is 61.5 cm³/mol. The first-order chi connectivity index (χ1) is 8.67. The van der Waals surface area contributed by atoms with E-state index in [-0.39, 0.29) is 25.0 Å². The maximum absolute atomic E-state index is 5.88. The normalized spacial score (nSPS) is 40.2. The molecule has 0 amide bonds. The molecule has 2 saturated heterocycles. The summed E-state index contributed by atoms with van der Waals surface area (Å²) in [7, 11) is 0. The standard InChI is InChI=1S/C10H14Cl2O6/c1-2-3-9(5-11)16-10(6-12,18-17-9)4-8-13-7-14-15-8/h2,8H,1,3-7H2. The highest BCUT2D eigenvalue weighted by molar-refractivity contribution is 6.19. The van der Waals surface area contributed by atoms with Gasteiger partial charge >= 0.3 is 0 Å². The van der Waals surface area contributed by atoms with Crippen LogP contribution in [0.15, 0.2) is 12.7 Å². The number of rotatable bonds is 6. The Morgan fingerprint density at radius 3 is 2.50 bits per heavy atom. The summed E-state index contributed by atoms with van der Waals surface area (Å²) < 4.78 is 10.9. The highest BCUT2D eigenvalue weighted by Crippen LogP contribution is 2.40. The summed E-state index contributed by atoms with van der Waals surface area (Å²) in [4.78, 5) is 19.9. The Labute approximate surface area is 114 Å². The highest BCUT2D eigenvalue weighted by atomic mass is 35.5. The van der Waals surface area contributed by atoms with E-state index in [1.807, 2.05) is 0 Å². The molecule has 2 rings (SSSR count). The third kappa shape index (κ3) is 2.97. The van der Waals surface area contributed by atoms with E-state index in [0.717, 1.165) is 0 Å². The monoisotopic (exact) mass is 300 g/mol. The molecule has 104 valence electrons. The van der Waals surface area contributed by atoms with E-state index in [0.29, 0.717) is 6.42 Å². The number of ether oxygens (including phenoxy) is 2. The van der Waals surface area contributed by atoms with Crippen molar-refractivity contribution in [2.45, 2.75) is 30.7 Å². The van der Waals surface area contributed by atoms with Gasteiger partial charge in [-0.2, -0.15) is 9.78 Å². The van der Waals surface area contributed by atoms with Crippen molar-refractivity contribution in [1.82, 2.24) is 0 Å². The van der Waals surface area contributed by atoms with E-state index in [2.05, 4.69) is 11.5 Å². The van der Waals surface area contributed by atoms with Crippen LogP contribution in [0, 0.1) is 0 Å². The summed E-state index contributed by atoms with van der Waals surface area (Å²) in [5, 5.41) is 0. The second-order valence-corrected chi connectivity index (χ2v) is 4.52. The third-order valence-corrected chi connectivity index (χ3v) is 3.35. The SMILES string of the molecule is C=CCC1(CCl)OOC(CCl)(CC2OCOO2)O1. The largest absolute Gasteiger partial charge is 0.320 e. The van der Waals surface area contributed by atoms with Crippen molar-refractivity contribution >= 4 is 23.2 Å². The molecule has 0 aromatic rings. The van der Waals surface area contributed by atoms with Crippen LogP contribution in [0.4, 0.5) is 0 Å². The Morgan fingerprint density at radius 2 is 1.94 bits per heavy atom. The molecule has 0 spiro atoms.